The lowest BCUT2D eigenvalue weighted by Crippen LogP contribution is -2.19. The van der Waals surface area contributed by atoms with Crippen molar-refractivity contribution in [1.29, 1.82) is 0 Å². The molecular weight excluding hydrogens is 250 g/mol. The van der Waals surface area contributed by atoms with E-state index in [1.165, 1.54) is 5.56 Å². The molecular formula is C15H23N5. The van der Waals surface area contributed by atoms with E-state index in [1.807, 2.05) is 17.8 Å². The van der Waals surface area contributed by atoms with Gasteiger partial charge in [0.25, 0.3) is 0 Å². The molecule has 1 N–H and O–H groups in total. The van der Waals surface area contributed by atoms with Crippen LogP contribution in [0.15, 0.2) is 12.4 Å². The third-order valence-corrected chi connectivity index (χ3v) is 3.42. The summed E-state index contributed by atoms with van der Waals surface area (Å²) >= 11 is 0. The van der Waals surface area contributed by atoms with Crippen molar-refractivity contribution < 1.29 is 0 Å². The number of hydrogen-bond donors (Lipinski definition) is 1. The van der Waals surface area contributed by atoms with Crippen LogP contribution in [0.5, 0.6) is 0 Å². The minimum atomic E-state index is 0.639. The first kappa shape index (κ1) is 14.7. The average Bonchev–Trinajstić information content (AvgIpc) is 2.67. The van der Waals surface area contributed by atoms with E-state index in [0.29, 0.717) is 5.92 Å². The maximum atomic E-state index is 4.49. The van der Waals surface area contributed by atoms with Crippen molar-refractivity contribution in [2.75, 3.05) is 6.54 Å². The summed E-state index contributed by atoms with van der Waals surface area (Å²) < 4.78 is 1.85. The number of hydrogen-bond acceptors (Lipinski definition) is 4. The molecule has 0 atom stereocenters. The standard InChI is InChI=1S/C15H23N5/c1-10(2)6-16-7-14-8-18-15(9-17-14)20-13(5)11(3)12(4)19-20/h8-10,16H,6-7H2,1-5H3. The Bertz CT molecular complexity index is 569. The average molecular weight is 273 g/mol. The Hall–Kier alpha value is -1.75. The second-order valence-electron chi connectivity index (χ2n) is 5.60. The van der Waals surface area contributed by atoms with Crippen LogP contribution in [0.4, 0.5) is 0 Å². The first-order chi connectivity index (χ1) is 9.49. The molecule has 0 bridgehead atoms. The molecule has 0 saturated heterocycles. The Morgan fingerprint density at radius 3 is 2.40 bits per heavy atom. The zero-order valence-corrected chi connectivity index (χ0v) is 12.9. The minimum absolute atomic E-state index is 0.639. The van der Waals surface area contributed by atoms with Crippen LogP contribution in [0.1, 0.15) is 36.5 Å². The normalized spacial score (nSPS) is 11.3. The Morgan fingerprint density at radius 1 is 1.15 bits per heavy atom. The van der Waals surface area contributed by atoms with Crippen molar-refractivity contribution >= 4 is 0 Å². The fourth-order valence-corrected chi connectivity index (χ4v) is 1.98. The lowest BCUT2D eigenvalue weighted by atomic mass is 10.2. The smallest absolute Gasteiger partial charge is 0.172 e. The summed E-state index contributed by atoms with van der Waals surface area (Å²) in [5.74, 6) is 1.41. The van der Waals surface area contributed by atoms with Gasteiger partial charge in [0, 0.05) is 12.2 Å². The monoisotopic (exact) mass is 273 g/mol. The van der Waals surface area contributed by atoms with Gasteiger partial charge in [-0.15, -0.1) is 0 Å². The molecule has 0 saturated carbocycles. The fraction of sp³-hybridized carbons (Fsp3) is 0.533. The SMILES string of the molecule is Cc1nn(-c2cnc(CNCC(C)C)cn2)c(C)c1C. The van der Waals surface area contributed by atoms with Crippen molar-refractivity contribution in [2.24, 2.45) is 5.92 Å². The van der Waals surface area contributed by atoms with Crippen LogP contribution in [0.25, 0.3) is 5.82 Å². The summed E-state index contributed by atoms with van der Waals surface area (Å²) in [4.78, 5) is 8.91. The molecule has 0 fully saturated rings. The van der Waals surface area contributed by atoms with E-state index in [1.54, 1.807) is 6.20 Å². The Kier molecular flexibility index (Phi) is 4.49. The molecule has 0 amide bonds. The van der Waals surface area contributed by atoms with Gasteiger partial charge in [0.1, 0.15) is 0 Å². The number of aryl methyl sites for hydroxylation is 1. The molecule has 5 nitrogen and oxygen atoms in total. The third-order valence-electron chi connectivity index (χ3n) is 3.42. The van der Waals surface area contributed by atoms with Crippen molar-refractivity contribution in [3.63, 3.8) is 0 Å². The molecule has 0 aliphatic rings. The molecule has 2 rings (SSSR count). The van der Waals surface area contributed by atoms with E-state index >= 15 is 0 Å². The number of rotatable bonds is 5. The summed E-state index contributed by atoms with van der Waals surface area (Å²) in [5.41, 5.74) is 4.30. The van der Waals surface area contributed by atoms with Crippen molar-refractivity contribution in [2.45, 2.75) is 41.2 Å². The van der Waals surface area contributed by atoms with Gasteiger partial charge in [0.15, 0.2) is 5.82 Å². The van der Waals surface area contributed by atoms with Gasteiger partial charge in [-0.25, -0.2) is 9.67 Å². The highest BCUT2D eigenvalue weighted by atomic mass is 15.3. The van der Waals surface area contributed by atoms with E-state index in [2.05, 4.69) is 48.1 Å². The summed E-state index contributed by atoms with van der Waals surface area (Å²) in [6.45, 7) is 12.2. The van der Waals surface area contributed by atoms with Crippen molar-refractivity contribution in [1.82, 2.24) is 25.1 Å². The molecule has 0 aliphatic carbocycles. The van der Waals surface area contributed by atoms with Gasteiger partial charge < -0.3 is 5.32 Å². The molecule has 20 heavy (non-hydrogen) atoms. The second-order valence-corrected chi connectivity index (χ2v) is 5.60. The summed E-state index contributed by atoms with van der Waals surface area (Å²) in [6, 6.07) is 0. The molecule has 0 unspecified atom stereocenters. The maximum Gasteiger partial charge on any atom is 0.172 e. The van der Waals surface area contributed by atoms with E-state index in [9.17, 15) is 0 Å². The van der Waals surface area contributed by atoms with E-state index in [4.69, 9.17) is 0 Å². The van der Waals surface area contributed by atoms with Gasteiger partial charge in [-0.2, -0.15) is 5.10 Å². The van der Waals surface area contributed by atoms with E-state index in [0.717, 1.165) is 36.0 Å². The highest BCUT2D eigenvalue weighted by Crippen LogP contribution is 2.14. The lowest BCUT2D eigenvalue weighted by molar-refractivity contribution is 0.547. The zero-order valence-electron chi connectivity index (χ0n) is 12.9. The highest BCUT2D eigenvalue weighted by Gasteiger charge is 2.10. The van der Waals surface area contributed by atoms with Crippen LogP contribution in [0, 0.1) is 26.7 Å². The largest absolute Gasteiger partial charge is 0.311 e. The molecule has 2 aromatic rings. The van der Waals surface area contributed by atoms with Crippen LogP contribution in [0.3, 0.4) is 0 Å². The molecule has 108 valence electrons. The molecule has 0 spiro atoms. The van der Waals surface area contributed by atoms with Crippen LogP contribution in [-0.4, -0.2) is 26.3 Å². The molecule has 5 heteroatoms. The van der Waals surface area contributed by atoms with Crippen LogP contribution in [0.2, 0.25) is 0 Å². The van der Waals surface area contributed by atoms with Crippen LogP contribution in [-0.2, 0) is 6.54 Å². The van der Waals surface area contributed by atoms with Crippen LogP contribution >= 0.6 is 0 Å². The summed E-state index contributed by atoms with van der Waals surface area (Å²) in [6.07, 6.45) is 3.60. The quantitative estimate of drug-likeness (QED) is 0.908. The van der Waals surface area contributed by atoms with E-state index in [-0.39, 0.29) is 0 Å². The molecule has 0 aromatic carbocycles. The molecule has 2 aromatic heterocycles. The Balaban J connectivity index is 2.10. The number of nitrogens with one attached hydrogen (secondary N) is 1. The van der Waals surface area contributed by atoms with Gasteiger partial charge in [-0.1, -0.05) is 13.8 Å². The summed E-state index contributed by atoms with van der Waals surface area (Å²) in [7, 11) is 0. The van der Waals surface area contributed by atoms with Gasteiger partial charge in [0.2, 0.25) is 0 Å². The van der Waals surface area contributed by atoms with Crippen molar-refractivity contribution in [3.05, 3.63) is 35.0 Å². The minimum Gasteiger partial charge on any atom is -0.311 e. The van der Waals surface area contributed by atoms with Gasteiger partial charge in [-0.3, -0.25) is 4.98 Å². The predicted octanol–water partition coefficient (Wildman–Crippen LogP) is 2.33. The zero-order chi connectivity index (χ0) is 14.7. The van der Waals surface area contributed by atoms with Gasteiger partial charge in [0.05, 0.1) is 23.8 Å². The van der Waals surface area contributed by atoms with Gasteiger partial charge in [-0.05, 0) is 38.8 Å². The molecule has 0 radical (unpaired) electrons. The number of nitrogens with zero attached hydrogens (tertiary/aromatic N) is 4. The van der Waals surface area contributed by atoms with Crippen LogP contribution < -0.4 is 5.32 Å². The maximum absolute atomic E-state index is 4.49. The molecule has 2 heterocycles. The topological polar surface area (TPSA) is 55.6 Å². The van der Waals surface area contributed by atoms with E-state index < -0.39 is 0 Å². The number of aromatic nitrogens is 4. The van der Waals surface area contributed by atoms with Gasteiger partial charge >= 0.3 is 0 Å². The second kappa shape index (κ2) is 6.13. The first-order valence-corrected chi connectivity index (χ1v) is 7.04. The highest BCUT2D eigenvalue weighted by molar-refractivity contribution is 5.30. The third kappa shape index (κ3) is 3.22. The first-order valence-electron chi connectivity index (χ1n) is 7.04. The lowest BCUT2D eigenvalue weighted by Gasteiger charge is -2.07. The van der Waals surface area contributed by atoms with Crippen molar-refractivity contribution in [3.8, 4) is 5.82 Å². The Labute approximate surface area is 120 Å². The summed E-state index contributed by atoms with van der Waals surface area (Å²) in [5, 5.41) is 7.85. The predicted molar refractivity (Wildman–Crippen MR) is 79.9 cm³/mol. The Morgan fingerprint density at radius 2 is 1.90 bits per heavy atom. The fourth-order valence-electron chi connectivity index (χ4n) is 1.98. The molecule has 0 aliphatic heterocycles.